The molecule has 1 atom stereocenters. The first-order chi connectivity index (χ1) is 8.47. The van der Waals surface area contributed by atoms with Crippen LogP contribution in [0, 0.1) is 5.92 Å². The normalized spacial score (nSPS) is 28.5. The molecule has 104 valence electrons. The van der Waals surface area contributed by atoms with E-state index >= 15 is 0 Å². The summed E-state index contributed by atoms with van der Waals surface area (Å²) in [5.41, 5.74) is 0. The Balaban J connectivity index is 1.81. The molecule has 6 heteroatoms. The Morgan fingerprint density at radius 3 is 2.39 bits per heavy atom. The van der Waals surface area contributed by atoms with Crippen LogP contribution in [0.3, 0.4) is 0 Å². The fourth-order valence-corrected chi connectivity index (χ4v) is 3.63. The van der Waals surface area contributed by atoms with Crippen LogP contribution in [-0.2, 0) is 14.8 Å². The van der Waals surface area contributed by atoms with Crippen molar-refractivity contribution in [3.63, 3.8) is 0 Å². The van der Waals surface area contributed by atoms with E-state index in [-0.39, 0.29) is 5.92 Å². The Bertz CT molecular complexity index is 400. The van der Waals surface area contributed by atoms with E-state index in [1.807, 2.05) is 0 Å². The second kappa shape index (κ2) is 5.67. The van der Waals surface area contributed by atoms with Gasteiger partial charge in [-0.3, -0.25) is 9.69 Å². The summed E-state index contributed by atoms with van der Waals surface area (Å²) < 4.78 is 24.3. The SMILES string of the molecule is CS(=O)(=O)N1CCN(CC2CCCCC2=O)CC1. The van der Waals surface area contributed by atoms with Crippen molar-refractivity contribution < 1.29 is 13.2 Å². The molecular weight excluding hydrogens is 252 g/mol. The molecule has 0 bridgehead atoms. The molecule has 0 spiro atoms. The summed E-state index contributed by atoms with van der Waals surface area (Å²) >= 11 is 0. The molecule has 1 aliphatic carbocycles. The van der Waals surface area contributed by atoms with Crippen molar-refractivity contribution in [3.05, 3.63) is 0 Å². The molecule has 1 heterocycles. The lowest BCUT2D eigenvalue weighted by Crippen LogP contribution is -2.50. The number of ketones is 1. The Hall–Kier alpha value is -0.460. The predicted octanol–water partition coefficient (Wildman–Crippen LogP) is 0.323. The molecule has 1 unspecified atom stereocenters. The van der Waals surface area contributed by atoms with Gasteiger partial charge >= 0.3 is 0 Å². The van der Waals surface area contributed by atoms with Gasteiger partial charge in [-0.2, -0.15) is 4.31 Å². The minimum atomic E-state index is -3.05. The summed E-state index contributed by atoms with van der Waals surface area (Å²) in [6.07, 6.45) is 5.18. The summed E-state index contributed by atoms with van der Waals surface area (Å²) in [6, 6.07) is 0. The smallest absolute Gasteiger partial charge is 0.211 e. The first kappa shape index (κ1) is 14.0. The second-order valence-electron chi connectivity index (χ2n) is 5.37. The molecule has 2 rings (SSSR count). The Morgan fingerprint density at radius 1 is 1.17 bits per heavy atom. The summed E-state index contributed by atoms with van der Waals surface area (Å²) in [5.74, 6) is 0.579. The van der Waals surface area contributed by atoms with Crippen molar-refractivity contribution in [2.45, 2.75) is 25.7 Å². The molecule has 0 aromatic carbocycles. The molecule has 1 aliphatic heterocycles. The van der Waals surface area contributed by atoms with Crippen LogP contribution in [0.5, 0.6) is 0 Å². The van der Waals surface area contributed by atoms with Gasteiger partial charge < -0.3 is 0 Å². The van der Waals surface area contributed by atoms with Crippen LogP contribution < -0.4 is 0 Å². The van der Waals surface area contributed by atoms with Crippen molar-refractivity contribution in [2.24, 2.45) is 5.92 Å². The third-order valence-corrected chi connectivity index (χ3v) is 5.26. The van der Waals surface area contributed by atoms with Gasteiger partial charge in [-0.1, -0.05) is 6.42 Å². The van der Waals surface area contributed by atoms with Crippen molar-refractivity contribution in [1.82, 2.24) is 9.21 Å². The first-order valence-electron chi connectivity index (χ1n) is 6.67. The number of hydrogen-bond acceptors (Lipinski definition) is 4. The van der Waals surface area contributed by atoms with E-state index in [1.165, 1.54) is 10.6 Å². The second-order valence-corrected chi connectivity index (χ2v) is 7.35. The van der Waals surface area contributed by atoms with E-state index in [1.54, 1.807) is 0 Å². The van der Waals surface area contributed by atoms with Gasteiger partial charge in [0.05, 0.1) is 6.26 Å². The van der Waals surface area contributed by atoms with Gasteiger partial charge in [-0.05, 0) is 12.8 Å². The molecule has 0 N–H and O–H groups in total. The quantitative estimate of drug-likeness (QED) is 0.744. The van der Waals surface area contributed by atoms with Crippen LogP contribution in [-0.4, -0.2) is 62.4 Å². The Morgan fingerprint density at radius 2 is 1.83 bits per heavy atom. The molecule has 18 heavy (non-hydrogen) atoms. The van der Waals surface area contributed by atoms with Crippen LogP contribution in [0.4, 0.5) is 0 Å². The van der Waals surface area contributed by atoms with Crippen molar-refractivity contribution >= 4 is 15.8 Å². The monoisotopic (exact) mass is 274 g/mol. The number of carbonyl (C=O) groups is 1. The highest BCUT2D eigenvalue weighted by atomic mass is 32.2. The van der Waals surface area contributed by atoms with E-state index in [2.05, 4.69) is 4.90 Å². The maximum Gasteiger partial charge on any atom is 0.211 e. The zero-order chi connectivity index (χ0) is 13.2. The van der Waals surface area contributed by atoms with Gasteiger partial charge in [0, 0.05) is 45.1 Å². The van der Waals surface area contributed by atoms with Crippen molar-refractivity contribution in [2.75, 3.05) is 39.0 Å². The summed E-state index contributed by atoms with van der Waals surface area (Å²) in [4.78, 5) is 14.0. The van der Waals surface area contributed by atoms with Crippen molar-refractivity contribution in [1.29, 1.82) is 0 Å². The fraction of sp³-hybridized carbons (Fsp3) is 0.917. The zero-order valence-corrected chi connectivity index (χ0v) is 11.8. The van der Waals surface area contributed by atoms with Crippen LogP contribution in [0.2, 0.25) is 0 Å². The van der Waals surface area contributed by atoms with Crippen LogP contribution in [0.1, 0.15) is 25.7 Å². The molecule has 2 fully saturated rings. The average Bonchev–Trinajstić information content (AvgIpc) is 2.32. The number of carbonyl (C=O) groups excluding carboxylic acids is 1. The predicted molar refractivity (Wildman–Crippen MR) is 69.8 cm³/mol. The van der Waals surface area contributed by atoms with Gasteiger partial charge in [0.2, 0.25) is 10.0 Å². The number of nitrogens with zero attached hydrogens (tertiary/aromatic N) is 2. The van der Waals surface area contributed by atoms with Gasteiger partial charge in [-0.15, -0.1) is 0 Å². The molecule has 2 aliphatic rings. The van der Waals surface area contributed by atoms with Crippen LogP contribution >= 0.6 is 0 Å². The molecule has 0 amide bonds. The summed E-state index contributed by atoms with van der Waals surface area (Å²) in [6.45, 7) is 3.42. The van der Waals surface area contributed by atoms with Gasteiger partial charge in [0.1, 0.15) is 5.78 Å². The molecule has 1 saturated carbocycles. The lowest BCUT2D eigenvalue weighted by molar-refractivity contribution is -0.125. The van der Waals surface area contributed by atoms with E-state index in [0.717, 1.165) is 45.3 Å². The van der Waals surface area contributed by atoms with E-state index < -0.39 is 10.0 Å². The third kappa shape index (κ3) is 3.52. The highest BCUT2D eigenvalue weighted by Crippen LogP contribution is 2.22. The molecular formula is C12H22N2O3S. The third-order valence-electron chi connectivity index (χ3n) is 3.96. The molecule has 0 aromatic rings. The maximum atomic E-state index is 11.8. The number of Topliss-reactive ketones (excluding diaryl/α,β-unsaturated/α-hetero) is 1. The van der Waals surface area contributed by atoms with Crippen LogP contribution in [0.15, 0.2) is 0 Å². The van der Waals surface area contributed by atoms with E-state index in [9.17, 15) is 13.2 Å². The number of rotatable bonds is 3. The molecule has 1 saturated heterocycles. The fourth-order valence-electron chi connectivity index (χ4n) is 2.80. The van der Waals surface area contributed by atoms with Gasteiger partial charge in [-0.25, -0.2) is 8.42 Å². The molecule has 0 aromatic heterocycles. The molecule has 5 nitrogen and oxygen atoms in total. The highest BCUT2D eigenvalue weighted by Gasteiger charge is 2.28. The Labute approximate surface area is 109 Å². The number of piperazine rings is 1. The van der Waals surface area contributed by atoms with Crippen LogP contribution in [0.25, 0.3) is 0 Å². The minimum Gasteiger partial charge on any atom is -0.300 e. The lowest BCUT2D eigenvalue weighted by Gasteiger charge is -2.35. The maximum absolute atomic E-state index is 11.8. The minimum absolute atomic E-state index is 0.184. The standard InChI is InChI=1S/C12H22N2O3S/c1-18(16,17)14-8-6-13(7-9-14)10-11-4-2-3-5-12(11)15/h11H,2-10H2,1H3. The van der Waals surface area contributed by atoms with Gasteiger partial charge in [0.15, 0.2) is 0 Å². The first-order valence-corrected chi connectivity index (χ1v) is 8.52. The van der Waals surface area contributed by atoms with E-state index in [0.29, 0.717) is 18.9 Å². The largest absolute Gasteiger partial charge is 0.300 e. The zero-order valence-electron chi connectivity index (χ0n) is 11.0. The summed E-state index contributed by atoms with van der Waals surface area (Å²) in [7, 11) is -3.05. The highest BCUT2D eigenvalue weighted by molar-refractivity contribution is 7.88. The Kier molecular flexibility index (Phi) is 4.40. The van der Waals surface area contributed by atoms with E-state index in [4.69, 9.17) is 0 Å². The van der Waals surface area contributed by atoms with Gasteiger partial charge in [0.25, 0.3) is 0 Å². The number of sulfonamides is 1. The summed E-state index contributed by atoms with van der Waals surface area (Å²) in [5, 5.41) is 0. The molecule has 0 radical (unpaired) electrons. The van der Waals surface area contributed by atoms with Crippen molar-refractivity contribution in [3.8, 4) is 0 Å². The average molecular weight is 274 g/mol. The number of hydrogen-bond donors (Lipinski definition) is 0. The lowest BCUT2D eigenvalue weighted by atomic mass is 9.87. The topological polar surface area (TPSA) is 57.7 Å².